The highest BCUT2D eigenvalue weighted by Crippen LogP contribution is 2.26. The van der Waals surface area contributed by atoms with E-state index in [0.717, 1.165) is 11.3 Å². The van der Waals surface area contributed by atoms with Crippen molar-refractivity contribution >= 4 is 11.0 Å². The van der Waals surface area contributed by atoms with Gasteiger partial charge in [0.2, 0.25) is 11.3 Å². The smallest absolute Gasteiger partial charge is 0.255 e. The third-order valence-electron chi connectivity index (χ3n) is 3.97. The maximum Gasteiger partial charge on any atom is 0.255 e. The first kappa shape index (κ1) is 15.9. The van der Waals surface area contributed by atoms with Crippen molar-refractivity contribution in [3.05, 3.63) is 59.0 Å². The van der Waals surface area contributed by atoms with Gasteiger partial charge in [0, 0.05) is 5.56 Å². The highest BCUT2D eigenvalue weighted by molar-refractivity contribution is 5.81. The van der Waals surface area contributed by atoms with Crippen LogP contribution >= 0.6 is 0 Å². The van der Waals surface area contributed by atoms with Gasteiger partial charge in [-0.3, -0.25) is 4.79 Å². The van der Waals surface area contributed by atoms with Crippen LogP contribution in [0.25, 0.3) is 33.9 Å². The van der Waals surface area contributed by atoms with Crippen LogP contribution in [0, 0.1) is 0 Å². The standard InChI is InChI=1S/C19H14N2O5/c1-23-12-5-3-11(4-6-12)18-20-21-19(26-18)15-10-25-16-8-7-13(24-2)9-14(16)17(15)22/h3-10H,1-2H3. The minimum atomic E-state index is -0.268. The van der Waals surface area contributed by atoms with E-state index in [1.807, 2.05) is 0 Å². The van der Waals surface area contributed by atoms with Crippen molar-refractivity contribution in [3.63, 3.8) is 0 Å². The van der Waals surface area contributed by atoms with Gasteiger partial charge in [-0.15, -0.1) is 10.2 Å². The van der Waals surface area contributed by atoms with Crippen LogP contribution in [0.5, 0.6) is 11.5 Å². The first-order valence-corrected chi connectivity index (χ1v) is 7.77. The van der Waals surface area contributed by atoms with E-state index in [9.17, 15) is 4.79 Å². The van der Waals surface area contributed by atoms with E-state index >= 15 is 0 Å². The summed E-state index contributed by atoms with van der Waals surface area (Å²) in [6, 6.07) is 12.2. The average Bonchev–Trinajstić information content (AvgIpc) is 3.18. The van der Waals surface area contributed by atoms with E-state index in [4.69, 9.17) is 18.3 Å². The molecule has 0 aliphatic heterocycles. The summed E-state index contributed by atoms with van der Waals surface area (Å²) in [4.78, 5) is 12.8. The van der Waals surface area contributed by atoms with Crippen molar-refractivity contribution in [1.29, 1.82) is 0 Å². The molecule has 0 aliphatic rings. The Balaban J connectivity index is 1.77. The number of hydrogen-bond donors (Lipinski definition) is 0. The van der Waals surface area contributed by atoms with Gasteiger partial charge in [-0.05, 0) is 42.5 Å². The fourth-order valence-electron chi connectivity index (χ4n) is 2.57. The molecule has 4 rings (SSSR count). The van der Waals surface area contributed by atoms with Gasteiger partial charge in [0.05, 0.1) is 19.6 Å². The van der Waals surface area contributed by atoms with E-state index in [-0.39, 0.29) is 16.9 Å². The summed E-state index contributed by atoms with van der Waals surface area (Å²) in [5.74, 6) is 1.67. The molecular weight excluding hydrogens is 336 g/mol. The average molecular weight is 350 g/mol. The molecule has 0 fully saturated rings. The molecule has 7 nitrogen and oxygen atoms in total. The topological polar surface area (TPSA) is 87.6 Å². The summed E-state index contributed by atoms with van der Waals surface area (Å²) in [5, 5.41) is 8.37. The zero-order chi connectivity index (χ0) is 18.1. The second-order valence-electron chi connectivity index (χ2n) is 5.48. The molecule has 4 aromatic rings. The Morgan fingerprint density at radius 2 is 1.58 bits per heavy atom. The van der Waals surface area contributed by atoms with Crippen LogP contribution in [-0.2, 0) is 0 Å². The second-order valence-corrected chi connectivity index (χ2v) is 5.48. The maximum absolute atomic E-state index is 12.8. The predicted molar refractivity (Wildman–Crippen MR) is 94.3 cm³/mol. The number of methoxy groups -OCH3 is 2. The number of nitrogens with zero attached hydrogens (tertiary/aromatic N) is 2. The Hall–Kier alpha value is -3.61. The second kappa shape index (κ2) is 6.36. The molecule has 0 aliphatic carbocycles. The molecule has 0 spiro atoms. The van der Waals surface area contributed by atoms with Crippen LogP contribution in [0.2, 0.25) is 0 Å². The van der Waals surface area contributed by atoms with E-state index in [2.05, 4.69) is 10.2 Å². The SMILES string of the molecule is COc1ccc(-c2nnc(-c3coc4ccc(OC)cc4c3=O)o2)cc1. The summed E-state index contributed by atoms with van der Waals surface area (Å²) in [5.41, 5.74) is 1.10. The summed E-state index contributed by atoms with van der Waals surface area (Å²) in [6.07, 6.45) is 1.32. The maximum atomic E-state index is 12.8. The molecule has 0 N–H and O–H groups in total. The molecule has 0 amide bonds. The van der Waals surface area contributed by atoms with Crippen molar-refractivity contribution in [3.8, 4) is 34.4 Å². The van der Waals surface area contributed by atoms with Gasteiger partial charge in [0.1, 0.15) is 28.9 Å². The molecule has 26 heavy (non-hydrogen) atoms. The summed E-state index contributed by atoms with van der Waals surface area (Å²) in [6.45, 7) is 0. The van der Waals surface area contributed by atoms with Crippen molar-refractivity contribution in [1.82, 2.24) is 10.2 Å². The molecular formula is C19H14N2O5. The molecule has 0 saturated heterocycles. The van der Waals surface area contributed by atoms with E-state index in [0.29, 0.717) is 22.6 Å². The number of aromatic nitrogens is 2. The summed E-state index contributed by atoms with van der Waals surface area (Å²) in [7, 11) is 3.12. The zero-order valence-corrected chi connectivity index (χ0v) is 14.1. The van der Waals surface area contributed by atoms with Crippen molar-refractivity contribution in [2.45, 2.75) is 0 Å². The molecule has 0 bridgehead atoms. The highest BCUT2D eigenvalue weighted by atomic mass is 16.5. The lowest BCUT2D eigenvalue weighted by Gasteiger charge is -2.02. The Bertz CT molecular complexity index is 1130. The Labute approximate surface area is 147 Å². The van der Waals surface area contributed by atoms with E-state index in [1.54, 1.807) is 49.6 Å². The number of hydrogen-bond acceptors (Lipinski definition) is 7. The first-order valence-electron chi connectivity index (χ1n) is 7.77. The van der Waals surface area contributed by atoms with Gasteiger partial charge >= 0.3 is 0 Å². The third-order valence-corrected chi connectivity index (χ3v) is 3.97. The quantitative estimate of drug-likeness (QED) is 0.556. The molecule has 2 aromatic heterocycles. The molecule has 0 saturated carbocycles. The van der Waals surface area contributed by atoms with E-state index in [1.165, 1.54) is 13.4 Å². The van der Waals surface area contributed by atoms with Crippen molar-refractivity contribution in [2.24, 2.45) is 0 Å². The first-order chi connectivity index (χ1) is 12.7. The molecule has 0 atom stereocenters. The van der Waals surface area contributed by atoms with Gasteiger partial charge < -0.3 is 18.3 Å². The zero-order valence-electron chi connectivity index (χ0n) is 14.1. The molecule has 130 valence electrons. The van der Waals surface area contributed by atoms with Gasteiger partial charge in [0.15, 0.2) is 0 Å². The lowest BCUT2D eigenvalue weighted by Crippen LogP contribution is -2.05. The number of benzene rings is 2. The molecule has 0 unspecified atom stereocenters. The fraction of sp³-hybridized carbons (Fsp3) is 0.105. The molecule has 2 heterocycles. The predicted octanol–water partition coefficient (Wildman–Crippen LogP) is 3.53. The fourth-order valence-corrected chi connectivity index (χ4v) is 2.57. The Morgan fingerprint density at radius 1 is 0.885 bits per heavy atom. The molecule has 7 heteroatoms. The molecule has 2 aromatic carbocycles. The summed E-state index contributed by atoms with van der Waals surface area (Å²) >= 11 is 0. The third kappa shape index (κ3) is 2.69. The highest BCUT2D eigenvalue weighted by Gasteiger charge is 2.16. The van der Waals surface area contributed by atoms with Crippen LogP contribution in [-0.4, -0.2) is 24.4 Å². The lowest BCUT2D eigenvalue weighted by molar-refractivity contribution is 0.415. The lowest BCUT2D eigenvalue weighted by atomic mass is 10.1. The normalized spacial score (nSPS) is 10.8. The van der Waals surface area contributed by atoms with Crippen molar-refractivity contribution < 1.29 is 18.3 Å². The number of ether oxygens (including phenoxy) is 2. The Kier molecular flexibility index (Phi) is 3.89. The largest absolute Gasteiger partial charge is 0.497 e. The summed E-state index contributed by atoms with van der Waals surface area (Å²) < 4.78 is 21.5. The number of rotatable bonds is 4. The minimum absolute atomic E-state index is 0.0919. The van der Waals surface area contributed by atoms with Crippen LogP contribution in [0.1, 0.15) is 0 Å². The van der Waals surface area contributed by atoms with Crippen LogP contribution < -0.4 is 14.9 Å². The number of fused-ring (bicyclic) bond motifs is 1. The van der Waals surface area contributed by atoms with Gasteiger partial charge in [0.25, 0.3) is 5.89 Å². The minimum Gasteiger partial charge on any atom is -0.497 e. The van der Waals surface area contributed by atoms with E-state index < -0.39 is 0 Å². The molecule has 0 radical (unpaired) electrons. The Morgan fingerprint density at radius 3 is 2.31 bits per heavy atom. The van der Waals surface area contributed by atoms with Gasteiger partial charge in [-0.25, -0.2) is 0 Å². The van der Waals surface area contributed by atoms with Gasteiger partial charge in [-0.2, -0.15) is 0 Å². The van der Waals surface area contributed by atoms with Crippen LogP contribution in [0.3, 0.4) is 0 Å². The van der Waals surface area contributed by atoms with Crippen LogP contribution in [0.4, 0.5) is 0 Å². The monoisotopic (exact) mass is 350 g/mol. The van der Waals surface area contributed by atoms with Gasteiger partial charge in [-0.1, -0.05) is 0 Å². The van der Waals surface area contributed by atoms with Crippen molar-refractivity contribution in [2.75, 3.05) is 14.2 Å². The van der Waals surface area contributed by atoms with Crippen LogP contribution in [0.15, 0.2) is 62.4 Å².